The zero-order valence-corrected chi connectivity index (χ0v) is 6.75. The Bertz CT molecular complexity index is 449. The fourth-order valence-electron chi connectivity index (χ4n) is 0.917. The molecule has 0 aliphatic carbocycles. The number of hydrogen-bond acceptors (Lipinski definition) is 4. The Balaban J connectivity index is 3.40. The molecule has 0 heterocycles. The van der Waals surface area contributed by atoms with Crippen molar-refractivity contribution in [3.05, 3.63) is 38.9 Å². The molecular formula is C7H4N3O4+. The topological polar surface area (TPSA) is 109 Å². The zero-order valence-electron chi connectivity index (χ0n) is 6.75. The van der Waals surface area contributed by atoms with Gasteiger partial charge in [-0.25, -0.2) is 4.79 Å². The second-order valence-corrected chi connectivity index (χ2v) is 2.36. The van der Waals surface area contributed by atoms with E-state index in [0.717, 1.165) is 18.2 Å². The molecule has 0 radical (unpaired) electrons. The molecule has 7 nitrogen and oxygen atoms in total. The summed E-state index contributed by atoms with van der Waals surface area (Å²) in [5, 5.41) is 27.3. The summed E-state index contributed by atoms with van der Waals surface area (Å²) >= 11 is 0. The van der Waals surface area contributed by atoms with Gasteiger partial charge in [-0.15, -0.1) is 0 Å². The van der Waals surface area contributed by atoms with Gasteiger partial charge in [0.25, 0.3) is 5.69 Å². The number of rotatable bonds is 2. The van der Waals surface area contributed by atoms with E-state index in [9.17, 15) is 14.9 Å². The predicted molar refractivity (Wildman–Crippen MR) is 44.8 cm³/mol. The Morgan fingerprint density at radius 1 is 1.57 bits per heavy atom. The van der Waals surface area contributed by atoms with Crippen LogP contribution in [0.5, 0.6) is 0 Å². The second-order valence-electron chi connectivity index (χ2n) is 2.36. The first-order valence-electron chi connectivity index (χ1n) is 3.43. The summed E-state index contributed by atoms with van der Waals surface area (Å²) in [5.41, 5.74) is -1.09. The molecule has 1 aromatic rings. The normalized spacial score (nSPS) is 9.07. The van der Waals surface area contributed by atoms with Crippen molar-refractivity contribution in [2.45, 2.75) is 0 Å². The Hall–Kier alpha value is -2.49. The largest absolute Gasteiger partial charge is 0.477 e. The highest BCUT2D eigenvalue weighted by Crippen LogP contribution is 2.24. The molecule has 1 rings (SSSR count). The van der Waals surface area contributed by atoms with E-state index >= 15 is 0 Å². The minimum Gasteiger partial charge on any atom is -0.477 e. The van der Waals surface area contributed by atoms with Crippen LogP contribution in [-0.2, 0) is 0 Å². The molecule has 0 unspecified atom stereocenters. The van der Waals surface area contributed by atoms with E-state index in [0.29, 0.717) is 0 Å². The van der Waals surface area contributed by atoms with Crippen molar-refractivity contribution < 1.29 is 14.8 Å². The first-order valence-corrected chi connectivity index (χ1v) is 3.43. The second kappa shape index (κ2) is 3.49. The summed E-state index contributed by atoms with van der Waals surface area (Å²) in [6, 6.07) is 3.03. The van der Waals surface area contributed by atoms with E-state index in [1.165, 1.54) is 0 Å². The number of diazo groups is 1. The van der Waals surface area contributed by atoms with Crippen molar-refractivity contribution in [1.29, 1.82) is 5.39 Å². The predicted octanol–water partition coefficient (Wildman–Crippen LogP) is 1.78. The number of carboxylic acids is 1. The van der Waals surface area contributed by atoms with Crippen molar-refractivity contribution in [3.8, 4) is 0 Å². The van der Waals surface area contributed by atoms with E-state index < -0.39 is 22.1 Å². The lowest BCUT2D eigenvalue weighted by Gasteiger charge is -1.93. The third-order valence-corrected chi connectivity index (χ3v) is 1.52. The minimum absolute atomic E-state index is 0.0481. The molecule has 0 amide bonds. The van der Waals surface area contributed by atoms with Crippen LogP contribution in [0.25, 0.3) is 4.98 Å². The van der Waals surface area contributed by atoms with Gasteiger partial charge in [0.2, 0.25) is 5.39 Å². The maximum Gasteiger partial charge on any atom is 0.386 e. The third-order valence-electron chi connectivity index (χ3n) is 1.52. The lowest BCUT2D eigenvalue weighted by atomic mass is 10.1. The molecule has 0 atom stereocenters. The molecule has 1 N–H and O–H groups in total. The van der Waals surface area contributed by atoms with Crippen LogP contribution >= 0.6 is 0 Å². The number of benzene rings is 1. The van der Waals surface area contributed by atoms with Gasteiger partial charge >= 0.3 is 11.7 Å². The van der Waals surface area contributed by atoms with Crippen LogP contribution in [-0.4, -0.2) is 16.0 Å². The van der Waals surface area contributed by atoms with Crippen molar-refractivity contribution in [2.75, 3.05) is 0 Å². The average Bonchev–Trinajstić information content (AvgIpc) is 2.16. The molecule has 0 aliphatic rings. The molecule has 1 aromatic carbocycles. The van der Waals surface area contributed by atoms with Gasteiger partial charge in [-0.3, -0.25) is 10.1 Å². The monoisotopic (exact) mass is 194 g/mol. The van der Waals surface area contributed by atoms with Crippen molar-refractivity contribution in [2.24, 2.45) is 0 Å². The van der Waals surface area contributed by atoms with Gasteiger partial charge in [0.15, 0.2) is 4.98 Å². The van der Waals surface area contributed by atoms with Crippen LogP contribution in [0, 0.1) is 15.5 Å². The summed E-state index contributed by atoms with van der Waals surface area (Å²) in [7, 11) is 0. The van der Waals surface area contributed by atoms with E-state index in [2.05, 4.69) is 4.98 Å². The van der Waals surface area contributed by atoms with Gasteiger partial charge in [0, 0.05) is 12.1 Å². The van der Waals surface area contributed by atoms with Gasteiger partial charge in [0.1, 0.15) is 5.56 Å². The fourth-order valence-corrected chi connectivity index (χ4v) is 0.917. The smallest absolute Gasteiger partial charge is 0.386 e. The Kier molecular flexibility index (Phi) is 2.39. The highest BCUT2D eigenvalue weighted by molar-refractivity contribution is 5.93. The maximum atomic E-state index is 10.6. The molecular weight excluding hydrogens is 190 g/mol. The average molecular weight is 194 g/mol. The number of nitro groups is 1. The number of nitro benzene ring substituents is 1. The van der Waals surface area contributed by atoms with Crippen molar-refractivity contribution in [3.63, 3.8) is 0 Å². The van der Waals surface area contributed by atoms with Crippen molar-refractivity contribution >= 4 is 17.3 Å². The van der Waals surface area contributed by atoms with E-state index in [4.69, 9.17) is 10.5 Å². The minimum atomic E-state index is -1.44. The summed E-state index contributed by atoms with van der Waals surface area (Å²) in [5.74, 6) is -1.44. The van der Waals surface area contributed by atoms with E-state index in [1.807, 2.05) is 0 Å². The van der Waals surface area contributed by atoms with Gasteiger partial charge in [-0.05, 0) is 0 Å². The number of carbonyl (C=O) groups is 1. The molecule has 0 saturated carbocycles. The Morgan fingerprint density at radius 3 is 2.64 bits per heavy atom. The highest BCUT2D eigenvalue weighted by atomic mass is 16.6. The molecule has 0 spiro atoms. The van der Waals surface area contributed by atoms with Crippen LogP contribution in [0.2, 0.25) is 0 Å². The molecule has 7 heteroatoms. The van der Waals surface area contributed by atoms with Crippen molar-refractivity contribution in [1.82, 2.24) is 0 Å². The summed E-state index contributed by atoms with van der Waals surface area (Å²) in [6.45, 7) is 0. The van der Waals surface area contributed by atoms with Crippen LogP contribution in [0.15, 0.2) is 18.2 Å². The summed E-state index contributed by atoms with van der Waals surface area (Å²) < 4.78 is 0. The first-order chi connectivity index (χ1) is 6.56. The molecule has 0 fully saturated rings. The quantitative estimate of drug-likeness (QED) is 0.438. The lowest BCUT2D eigenvalue weighted by Crippen LogP contribution is -2.01. The molecule has 14 heavy (non-hydrogen) atoms. The fraction of sp³-hybridized carbons (Fsp3) is 0. The van der Waals surface area contributed by atoms with Gasteiger partial charge in [-0.2, -0.15) is 0 Å². The number of carboxylic acid groups (broad SMARTS) is 1. The van der Waals surface area contributed by atoms with Crippen LogP contribution < -0.4 is 0 Å². The standard InChI is InChI=1S/C7H3N3O4/c8-9-4-1-2-6(10(13)14)5(3-4)7(11)12/h1-3H/p+1. The number of aromatic carboxylic acids is 1. The summed E-state index contributed by atoms with van der Waals surface area (Å²) in [4.78, 5) is 22.9. The molecule has 0 aromatic heterocycles. The van der Waals surface area contributed by atoms with Crippen LogP contribution in [0.1, 0.15) is 10.4 Å². The zero-order chi connectivity index (χ0) is 10.7. The van der Waals surface area contributed by atoms with Gasteiger partial charge in [-0.1, -0.05) is 0 Å². The molecule has 0 bridgehead atoms. The highest BCUT2D eigenvalue weighted by Gasteiger charge is 2.23. The maximum absolute atomic E-state index is 10.6. The SMILES string of the molecule is N#[N+]c1ccc([N+](=O)[O-])c(C(=O)O)c1. The molecule has 0 saturated heterocycles. The molecule has 0 aliphatic heterocycles. The van der Waals surface area contributed by atoms with Gasteiger partial charge < -0.3 is 5.11 Å². The van der Waals surface area contributed by atoms with E-state index in [-0.39, 0.29) is 5.69 Å². The summed E-state index contributed by atoms with van der Waals surface area (Å²) in [6.07, 6.45) is 0. The van der Waals surface area contributed by atoms with E-state index in [1.54, 1.807) is 0 Å². The Labute approximate surface area is 77.4 Å². The third kappa shape index (κ3) is 1.64. The first kappa shape index (κ1) is 9.60. The van der Waals surface area contributed by atoms with Crippen LogP contribution in [0.3, 0.4) is 0 Å². The van der Waals surface area contributed by atoms with Gasteiger partial charge in [0.05, 0.1) is 11.0 Å². The number of nitrogens with zero attached hydrogens (tertiary/aromatic N) is 3. The molecule has 70 valence electrons. The number of hydrogen-bond donors (Lipinski definition) is 1. The lowest BCUT2D eigenvalue weighted by molar-refractivity contribution is -0.385. The van der Waals surface area contributed by atoms with Crippen LogP contribution in [0.4, 0.5) is 11.4 Å². The Morgan fingerprint density at radius 2 is 2.21 bits per heavy atom.